The predicted octanol–water partition coefficient (Wildman–Crippen LogP) is 2.38. The molecule has 1 aliphatic rings. The summed E-state index contributed by atoms with van der Waals surface area (Å²) in [6.45, 7) is 4.91. The zero-order valence-corrected chi connectivity index (χ0v) is 11.4. The van der Waals surface area contributed by atoms with Crippen LogP contribution in [-0.4, -0.2) is 42.7 Å². The van der Waals surface area contributed by atoms with Gasteiger partial charge in [0.2, 0.25) is 5.88 Å². The molecule has 0 aliphatic carbocycles. The average Bonchev–Trinajstić information content (AvgIpc) is 2.76. The summed E-state index contributed by atoms with van der Waals surface area (Å²) in [7, 11) is 2.20. The fourth-order valence-electron chi connectivity index (χ4n) is 2.42. The Hall–Kier alpha value is -1.29. The van der Waals surface area contributed by atoms with Crippen LogP contribution in [0.2, 0.25) is 0 Å². The van der Waals surface area contributed by atoms with Gasteiger partial charge in [-0.1, -0.05) is 6.07 Å². The Bertz CT molecular complexity index is 370. The van der Waals surface area contributed by atoms with Crippen LogP contribution in [0, 0.1) is 0 Å². The van der Waals surface area contributed by atoms with Crippen LogP contribution in [0.1, 0.15) is 26.2 Å². The van der Waals surface area contributed by atoms with E-state index in [1.165, 1.54) is 19.4 Å². The van der Waals surface area contributed by atoms with E-state index in [4.69, 9.17) is 4.74 Å². The molecule has 0 aromatic carbocycles. The number of anilines is 1. The van der Waals surface area contributed by atoms with Gasteiger partial charge in [-0.05, 0) is 45.8 Å². The second-order valence-corrected chi connectivity index (χ2v) is 4.81. The summed E-state index contributed by atoms with van der Waals surface area (Å²) >= 11 is 0. The minimum absolute atomic E-state index is 0.682. The van der Waals surface area contributed by atoms with Crippen molar-refractivity contribution in [3.63, 3.8) is 0 Å². The molecule has 2 heterocycles. The van der Waals surface area contributed by atoms with E-state index in [1.54, 1.807) is 0 Å². The lowest BCUT2D eigenvalue weighted by atomic mass is 10.1. The van der Waals surface area contributed by atoms with Gasteiger partial charge in [0, 0.05) is 18.7 Å². The summed E-state index contributed by atoms with van der Waals surface area (Å²) in [5.74, 6) is 1.60. The van der Waals surface area contributed by atoms with Crippen molar-refractivity contribution in [2.45, 2.75) is 32.2 Å². The first-order chi connectivity index (χ1) is 8.79. The molecule has 1 unspecified atom stereocenters. The number of nitrogens with zero attached hydrogens (tertiary/aromatic N) is 2. The summed E-state index contributed by atoms with van der Waals surface area (Å²) in [6.07, 6.45) is 3.70. The highest BCUT2D eigenvalue weighted by Gasteiger charge is 2.20. The number of ether oxygens (including phenoxy) is 1. The van der Waals surface area contributed by atoms with Crippen LogP contribution in [0.5, 0.6) is 5.88 Å². The molecule has 1 saturated heterocycles. The van der Waals surface area contributed by atoms with Crippen LogP contribution >= 0.6 is 0 Å². The molecule has 0 bridgehead atoms. The van der Waals surface area contributed by atoms with Gasteiger partial charge in [0.15, 0.2) is 0 Å². The van der Waals surface area contributed by atoms with Gasteiger partial charge < -0.3 is 15.0 Å². The van der Waals surface area contributed by atoms with E-state index in [9.17, 15) is 0 Å². The topological polar surface area (TPSA) is 37.4 Å². The molecule has 1 fully saturated rings. The fraction of sp³-hybridized carbons (Fsp3) is 0.643. The van der Waals surface area contributed by atoms with Gasteiger partial charge in [-0.3, -0.25) is 0 Å². The van der Waals surface area contributed by atoms with E-state index < -0.39 is 0 Å². The molecule has 0 saturated carbocycles. The van der Waals surface area contributed by atoms with Crippen molar-refractivity contribution in [1.29, 1.82) is 0 Å². The van der Waals surface area contributed by atoms with Gasteiger partial charge in [-0.2, -0.15) is 4.98 Å². The largest absolute Gasteiger partial charge is 0.478 e. The summed E-state index contributed by atoms with van der Waals surface area (Å²) in [5.41, 5.74) is 0. The van der Waals surface area contributed by atoms with Crippen LogP contribution in [0.4, 0.5) is 5.82 Å². The van der Waals surface area contributed by atoms with E-state index in [0.29, 0.717) is 11.9 Å². The second kappa shape index (κ2) is 6.59. The monoisotopic (exact) mass is 249 g/mol. The normalized spacial score (nSPS) is 20.0. The number of rotatable bonds is 6. The average molecular weight is 249 g/mol. The Morgan fingerprint density at radius 2 is 2.39 bits per heavy atom. The van der Waals surface area contributed by atoms with Crippen LogP contribution in [-0.2, 0) is 0 Å². The lowest BCUT2D eigenvalue weighted by molar-refractivity contribution is 0.229. The molecule has 4 heteroatoms. The van der Waals surface area contributed by atoms with Crippen molar-refractivity contribution in [2.75, 3.05) is 32.1 Å². The molecule has 0 radical (unpaired) electrons. The van der Waals surface area contributed by atoms with Crippen molar-refractivity contribution in [3.05, 3.63) is 18.2 Å². The Morgan fingerprint density at radius 3 is 3.11 bits per heavy atom. The maximum Gasteiger partial charge on any atom is 0.215 e. The molecular weight excluding hydrogens is 226 g/mol. The third kappa shape index (κ3) is 3.60. The highest BCUT2D eigenvalue weighted by molar-refractivity contribution is 5.36. The summed E-state index contributed by atoms with van der Waals surface area (Å²) < 4.78 is 5.73. The highest BCUT2D eigenvalue weighted by atomic mass is 16.5. The third-order valence-corrected chi connectivity index (χ3v) is 3.45. The molecule has 1 aromatic rings. The minimum atomic E-state index is 0.682. The molecular formula is C14H23N3O. The molecule has 4 nitrogen and oxygen atoms in total. The zero-order valence-electron chi connectivity index (χ0n) is 11.4. The zero-order chi connectivity index (χ0) is 12.8. The molecule has 2 rings (SSSR count). The third-order valence-electron chi connectivity index (χ3n) is 3.45. The lowest BCUT2D eigenvalue weighted by Gasteiger charge is -2.19. The predicted molar refractivity (Wildman–Crippen MR) is 74.2 cm³/mol. The Labute approximate surface area is 109 Å². The van der Waals surface area contributed by atoms with Crippen LogP contribution < -0.4 is 10.1 Å². The van der Waals surface area contributed by atoms with Gasteiger partial charge in [-0.15, -0.1) is 0 Å². The number of pyridine rings is 1. The fourth-order valence-corrected chi connectivity index (χ4v) is 2.42. The van der Waals surface area contributed by atoms with E-state index in [-0.39, 0.29) is 0 Å². The number of hydrogen-bond acceptors (Lipinski definition) is 4. The molecule has 1 aliphatic heterocycles. The van der Waals surface area contributed by atoms with Gasteiger partial charge in [0.1, 0.15) is 5.82 Å². The van der Waals surface area contributed by atoms with Gasteiger partial charge in [0.05, 0.1) is 6.61 Å². The van der Waals surface area contributed by atoms with Crippen molar-refractivity contribution in [2.24, 2.45) is 0 Å². The van der Waals surface area contributed by atoms with Gasteiger partial charge in [0.25, 0.3) is 0 Å². The molecule has 1 aromatic heterocycles. The Morgan fingerprint density at radius 1 is 1.50 bits per heavy atom. The Balaban J connectivity index is 1.77. The molecule has 100 valence electrons. The van der Waals surface area contributed by atoms with E-state index in [0.717, 1.165) is 25.4 Å². The standard InChI is InChI=1S/C14H23N3O/c1-3-15-13-7-4-8-14(16-13)18-11-9-12-6-5-10-17(12)2/h4,7-8,12H,3,5-6,9-11H2,1-2H3,(H,15,16). The van der Waals surface area contributed by atoms with Crippen LogP contribution in [0.3, 0.4) is 0 Å². The van der Waals surface area contributed by atoms with E-state index in [2.05, 4.69) is 29.2 Å². The quantitative estimate of drug-likeness (QED) is 0.840. The number of aromatic nitrogens is 1. The van der Waals surface area contributed by atoms with Crippen molar-refractivity contribution >= 4 is 5.82 Å². The first kappa shape index (κ1) is 13.1. The summed E-state index contributed by atoms with van der Waals surface area (Å²) in [6, 6.07) is 6.53. The minimum Gasteiger partial charge on any atom is -0.478 e. The number of hydrogen-bond donors (Lipinski definition) is 1. The first-order valence-electron chi connectivity index (χ1n) is 6.83. The first-order valence-corrected chi connectivity index (χ1v) is 6.83. The Kier molecular flexibility index (Phi) is 4.81. The highest BCUT2D eigenvalue weighted by Crippen LogP contribution is 2.18. The van der Waals surface area contributed by atoms with E-state index >= 15 is 0 Å². The molecule has 0 amide bonds. The summed E-state index contributed by atoms with van der Waals surface area (Å²) in [5, 5.41) is 3.19. The van der Waals surface area contributed by atoms with Crippen molar-refractivity contribution < 1.29 is 4.74 Å². The number of likely N-dealkylation sites (tertiary alicyclic amines) is 1. The maximum atomic E-state index is 5.73. The number of nitrogens with one attached hydrogen (secondary N) is 1. The smallest absolute Gasteiger partial charge is 0.215 e. The van der Waals surface area contributed by atoms with Gasteiger partial charge in [-0.25, -0.2) is 0 Å². The molecule has 0 spiro atoms. The van der Waals surface area contributed by atoms with E-state index in [1.807, 2.05) is 18.2 Å². The lowest BCUT2D eigenvalue weighted by Crippen LogP contribution is -2.26. The van der Waals surface area contributed by atoms with Gasteiger partial charge >= 0.3 is 0 Å². The molecule has 1 N–H and O–H groups in total. The second-order valence-electron chi connectivity index (χ2n) is 4.81. The van der Waals surface area contributed by atoms with Crippen LogP contribution in [0.25, 0.3) is 0 Å². The van der Waals surface area contributed by atoms with Crippen molar-refractivity contribution in [3.8, 4) is 5.88 Å². The SMILES string of the molecule is CCNc1cccc(OCCC2CCCN2C)n1. The molecule has 18 heavy (non-hydrogen) atoms. The molecule has 1 atom stereocenters. The van der Waals surface area contributed by atoms with Crippen LogP contribution in [0.15, 0.2) is 18.2 Å². The maximum absolute atomic E-state index is 5.73. The summed E-state index contributed by atoms with van der Waals surface area (Å²) in [4.78, 5) is 6.82. The van der Waals surface area contributed by atoms with Crippen molar-refractivity contribution in [1.82, 2.24) is 9.88 Å².